The summed E-state index contributed by atoms with van der Waals surface area (Å²) >= 11 is 1.41. The van der Waals surface area contributed by atoms with Gasteiger partial charge >= 0.3 is 0 Å². The highest BCUT2D eigenvalue weighted by molar-refractivity contribution is 7.11. The number of amides is 1. The fourth-order valence-corrected chi connectivity index (χ4v) is 2.55. The molecule has 7 nitrogen and oxygen atoms in total. The first kappa shape index (κ1) is 18.3. The topological polar surface area (TPSA) is 99.7 Å². The molecule has 0 unspecified atom stereocenters. The Balaban J connectivity index is 1.85. The highest BCUT2D eigenvalue weighted by Crippen LogP contribution is 2.18. The molecule has 0 aliphatic rings. The average molecular weight is 361 g/mol. The maximum Gasteiger partial charge on any atom is 0.276 e. The molecule has 0 aliphatic carbocycles. The quantitative estimate of drug-likeness (QED) is 0.645. The second-order valence-electron chi connectivity index (χ2n) is 4.81. The Kier molecular flexibility index (Phi) is 6.85. The van der Waals surface area contributed by atoms with Crippen molar-refractivity contribution >= 4 is 28.9 Å². The van der Waals surface area contributed by atoms with Crippen molar-refractivity contribution in [1.29, 1.82) is 0 Å². The first-order chi connectivity index (χ1) is 12.1. The van der Waals surface area contributed by atoms with Crippen LogP contribution in [0.15, 0.2) is 47.9 Å². The molecular formula is C17H17N2O5S-. The van der Waals surface area contributed by atoms with Crippen LogP contribution in [-0.2, 0) is 9.59 Å². The molecule has 132 valence electrons. The number of hydrogen-bond acceptors (Lipinski definition) is 7. The van der Waals surface area contributed by atoms with Gasteiger partial charge in [-0.25, -0.2) is 0 Å². The summed E-state index contributed by atoms with van der Waals surface area (Å²) in [7, 11) is 1.56. The van der Waals surface area contributed by atoms with Gasteiger partial charge < -0.3 is 19.4 Å². The van der Waals surface area contributed by atoms with Crippen LogP contribution in [0, 0.1) is 0 Å². The summed E-state index contributed by atoms with van der Waals surface area (Å²) in [5, 5.41) is 12.5. The van der Waals surface area contributed by atoms with Gasteiger partial charge in [-0.15, -0.1) is 11.3 Å². The molecule has 8 heteroatoms. The van der Waals surface area contributed by atoms with E-state index >= 15 is 0 Å². The van der Waals surface area contributed by atoms with Gasteiger partial charge in [0.15, 0.2) is 6.61 Å². The highest BCUT2D eigenvalue weighted by atomic mass is 32.1. The Morgan fingerprint density at radius 1 is 1.16 bits per heavy atom. The van der Waals surface area contributed by atoms with E-state index in [4.69, 9.17) is 9.47 Å². The lowest BCUT2D eigenvalue weighted by atomic mass is 10.3. The van der Waals surface area contributed by atoms with Crippen molar-refractivity contribution in [3.63, 3.8) is 0 Å². The lowest BCUT2D eigenvalue weighted by Gasteiger charge is -2.12. The van der Waals surface area contributed by atoms with Gasteiger partial charge in [0.1, 0.15) is 11.5 Å². The summed E-state index contributed by atoms with van der Waals surface area (Å²) < 4.78 is 10.4. The number of aliphatic carboxylic acids is 1. The third kappa shape index (κ3) is 6.19. The summed E-state index contributed by atoms with van der Waals surface area (Å²) in [6.07, 6.45) is 1.17. The number of carbonyl (C=O) groups excluding carboxylic acids is 2. The van der Waals surface area contributed by atoms with Crippen LogP contribution < -0.4 is 25.4 Å². The van der Waals surface area contributed by atoms with Crippen LogP contribution in [0.25, 0.3) is 5.70 Å². The number of carboxylic acid groups (broad SMARTS) is 1. The van der Waals surface area contributed by atoms with Crippen molar-refractivity contribution in [3.05, 3.63) is 52.7 Å². The van der Waals surface area contributed by atoms with E-state index in [-0.39, 0.29) is 13.0 Å². The number of benzene rings is 1. The van der Waals surface area contributed by atoms with Gasteiger partial charge in [-0.05, 0) is 35.7 Å². The minimum atomic E-state index is -1.20. The third-order valence-electron chi connectivity index (χ3n) is 3.03. The van der Waals surface area contributed by atoms with Crippen molar-refractivity contribution in [2.75, 3.05) is 13.7 Å². The Hall–Kier alpha value is -3.00. The van der Waals surface area contributed by atoms with E-state index in [0.29, 0.717) is 17.2 Å². The minimum Gasteiger partial charge on any atom is -0.550 e. The molecule has 0 atom stereocenters. The number of hydrogen-bond donors (Lipinski definition) is 2. The first-order valence-electron chi connectivity index (χ1n) is 7.34. The number of nitrogens with one attached hydrogen (secondary N) is 2. The summed E-state index contributed by atoms with van der Waals surface area (Å²) in [5.41, 5.74) is 5.67. The van der Waals surface area contributed by atoms with Gasteiger partial charge in [0.25, 0.3) is 5.91 Å². The molecule has 1 heterocycles. The molecule has 0 fully saturated rings. The second-order valence-corrected chi connectivity index (χ2v) is 5.76. The molecule has 2 rings (SSSR count). The minimum absolute atomic E-state index is 0.197. The van der Waals surface area contributed by atoms with Gasteiger partial charge in [0.05, 0.1) is 17.7 Å². The van der Waals surface area contributed by atoms with E-state index < -0.39 is 11.9 Å². The third-order valence-corrected chi connectivity index (χ3v) is 3.93. The molecule has 0 radical (unpaired) electrons. The number of carbonyl (C=O) groups is 2. The summed E-state index contributed by atoms with van der Waals surface area (Å²) in [4.78, 5) is 23.3. The van der Waals surface area contributed by atoms with Gasteiger partial charge in [-0.2, -0.15) is 0 Å². The van der Waals surface area contributed by atoms with Crippen molar-refractivity contribution in [1.82, 2.24) is 10.9 Å². The molecule has 0 saturated heterocycles. The van der Waals surface area contributed by atoms with Crippen LogP contribution in [0.2, 0.25) is 0 Å². The molecule has 0 saturated carbocycles. The van der Waals surface area contributed by atoms with Gasteiger partial charge in [-0.3, -0.25) is 15.6 Å². The first-order valence-corrected chi connectivity index (χ1v) is 8.22. The van der Waals surface area contributed by atoms with Crippen molar-refractivity contribution in [2.24, 2.45) is 0 Å². The maximum absolute atomic E-state index is 11.9. The van der Waals surface area contributed by atoms with E-state index in [1.807, 2.05) is 11.4 Å². The van der Waals surface area contributed by atoms with Crippen LogP contribution >= 0.6 is 11.3 Å². The molecular weight excluding hydrogens is 344 g/mol. The smallest absolute Gasteiger partial charge is 0.276 e. The van der Waals surface area contributed by atoms with E-state index in [0.717, 1.165) is 4.88 Å². The van der Waals surface area contributed by atoms with Crippen LogP contribution in [0.4, 0.5) is 0 Å². The SMILES string of the molecule is COc1ccc(OCC(=O)NN/C(=C/CC(=O)[O-])c2cccs2)cc1. The maximum atomic E-state index is 11.9. The molecule has 2 aromatic rings. The van der Waals surface area contributed by atoms with Crippen molar-refractivity contribution in [3.8, 4) is 11.5 Å². The zero-order valence-electron chi connectivity index (χ0n) is 13.5. The Morgan fingerprint density at radius 3 is 2.48 bits per heavy atom. The van der Waals surface area contributed by atoms with Crippen LogP contribution in [0.1, 0.15) is 11.3 Å². The number of ether oxygens (including phenoxy) is 2. The fourth-order valence-electron chi connectivity index (χ4n) is 1.82. The largest absolute Gasteiger partial charge is 0.550 e. The normalized spacial score (nSPS) is 10.8. The molecule has 1 aromatic carbocycles. The number of hydrazine groups is 1. The number of thiophene rings is 1. The monoisotopic (exact) mass is 361 g/mol. The van der Waals surface area contributed by atoms with Crippen molar-refractivity contribution < 1.29 is 24.2 Å². The lowest BCUT2D eigenvalue weighted by Crippen LogP contribution is -2.39. The van der Waals surface area contributed by atoms with E-state index in [2.05, 4.69) is 10.9 Å². The predicted molar refractivity (Wildman–Crippen MR) is 91.7 cm³/mol. The van der Waals surface area contributed by atoms with Crippen LogP contribution in [-0.4, -0.2) is 25.6 Å². The van der Waals surface area contributed by atoms with E-state index in [9.17, 15) is 14.7 Å². The Bertz CT molecular complexity index is 726. The van der Waals surface area contributed by atoms with E-state index in [1.165, 1.54) is 17.4 Å². The number of carboxylic acids is 1. The predicted octanol–water partition coefficient (Wildman–Crippen LogP) is 0.937. The zero-order chi connectivity index (χ0) is 18.1. The zero-order valence-corrected chi connectivity index (χ0v) is 14.3. The summed E-state index contributed by atoms with van der Waals surface area (Å²) in [6.45, 7) is -0.197. The molecule has 25 heavy (non-hydrogen) atoms. The summed E-state index contributed by atoms with van der Waals surface area (Å²) in [6, 6.07) is 10.5. The number of methoxy groups -OCH3 is 1. The van der Waals surface area contributed by atoms with Gasteiger partial charge in [-0.1, -0.05) is 12.1 Å². The van der Waals surface area contributed by atoms with E-state index in [1.54, 1.807) is 37.4 Å². The Labute approximate surface area is 148 Å². The molecule has 0 spiro atoms. The average Bonchev–Trinajstić information content (AvgIpc) is 3.14. The van der Waals surface area contributed by atoms with Gasteiger partial charge in [0.2, 0.25) is 0 Å². The standard InChI is InChI=1S/C17H18N2O5S/c1-23-12-4-6-13(7-5-12)24-11-16(20)19-18-14(8-9-17(21)22)15-3-2-10-25-15/h2-8,10,18H,9,11H2,1H3,(H,19,20)(H,21,22)/p-1/b14-8+. The lowest BCUT2D eigenvalue weighted by molar-refractivity contribution is -0.304. The Morgan fingerprint density at radius 2 is 1.88 bits per heavy atom. The molecule has 1 aromatic heterocycles. The number of rotatable bonds is 9. The van der Waals surface area contributed by atoms with Crippen LogP contribution in [0.3, 0.4) is 0 Å². The molecule has 0 aliphatic heterocycles. The second kappa shape index (κ2) is 9.33. The van der Waals surface area contributed by atoms with Crippen molar-refractivity contribution in [2.45, 2.75) is 6.42 Å². The highest BCUT2D eigenvalue weighted by Gasteiger charge is 2.06. The van der Waals surface area contributed by atoms with Gasteiger partial charge in [0, 0.05) is 12.4 Å². The molecule has 0 bridgehead atoms. The fraction of sp³-hybridized carbons (Fsp3) is 0.176. The molecule has 2 N–H and O–H groups in total. The van der Waals surface area contributed by atoms with Crippen LogP contribution in [0.5, 0.6) is 11.5 Å². The summed E-state index contributed by atoms with van der Waals surface area (Å²) in [5.74, 6) is -0.393. The molecule has 1 amide bonds.